The van der Waals surface area contributed by atoms with Crippen molar-refractivity contribution in [3.63, 3.8) is 0 Å². The van der Waals surface area contributed by atoms with E-state index >= 15 is 0 Å². The zero-order chi connectivity index (χ0) is 12.4. The van der Waals surface area contributed by atoms with Gasteiger partial charge in [0.1, 0.15) is 0 Å². The molecule has 17 heavy (non-hydrogen) atoms. The molecule has 0 aromatic carbocycles. The summed E-state index contributed by atoms with van der Waals surface area (Å²) in [4.78, 5) is 10.9. The number of rotatable bonds is 3. The fraction of sp³-hybridized carbons (Fsp3) is 0.615. The Morgan fingerprint density at radius 1 is 1.65 bits per heavy atom. The summed E-state index contributed by atoms with van der Waals surface area (Å²) in [5.41, 5.74) is 10.0. The molecule has 1 aliphatic rings. The second kappa shape index (κ2) is 4.92. The molecule has 1 amide bonds. The summed E-state index contributed by atoms with van der Waals surface area (Å²) in [7, 11) is 0. The molecule has 1 aromatic rings. The van der Waals surface area contributed by atoms with Gasteiger partial charge >= 0.3 is 0 Å². The summed E-state index contributed by atoms with van der Waals surface area (Å²) in [6, 6.07) is 2.40. The van der Waals surface area contributed by atoms with Crippen LogP contribution in [0, 0.1) is 6.92 Å². The first-order valence-electron chi connectivity index (χ1n) is 6.28. The van der Waals surface area contributed by atoms with Crippen LogP contribution in [0.4, 0.5) is 0 Å². The molecule has 0 spiro atoms. The van der Waals surface area contributed by atoms with Crippen molar-refractivity contribution in [2.75, 3.05) is 6.54 Å². The second-order valence-electron chi connectivity index (χ2n) is 4.82. The Balaban J connectivity index is 2.14. The van der Waals surface area contributed by atoms with Gasteiger partial charge in [-0.05, 0) is 37.8 Å². The van der Waals surface area contributed by atoms with Crippen LogP contribution >= 0.6 is 0 Å². The van der Waals surface area contributed by atoms with Crippen LogP contribution < -0.4 is 11.1 Å². The van der Waals surface area contributed by atoms with Gasteiger partial charge in [-0.25, -0.2) is 0 Å². The Bertz CT molecular complexity index is 423. The van der Waals surface area contributed by atoms with E-state index in [0.29, 0.717) is 6.54 Å². The third kappa shape index (κ3) is 2.52. The largest absolute Gasteiger partial charge is 0.355 e. The lowest BCUT2D eigenvalue weighted by Crippen LogP contribution is -2.26. The quantitative estimate of drug-likeness (QED) is 0.829. The molecule has 2 rings (SSSR count). The molecule has 1 atom stereocenters. The third-order valence-electron chi connectivity index (χ3n) is 3.49. The highest BCUT2D eigenvalue weighted by Crippen LogP contribution is 2.30. The normalized spacial score (nSPS) is 18.9. The fourth-order valence-electron chi connectivity index (χ4n) is 2.66. The molecule has 94 valence electrons. The zero-order valence-corrected chi connectivity index (χ0v) is 10.6. The van der Waals surface area contributed by atoms with Gasteiger partial charge in [-0.15, -0.1) is 0 Å². The number of aromatic nitrogens is 1. The number of nitrogens with two attached hydrogens (primary N) is 1. The minimum Gasteiger partial charge on any atom is -0.355 e. The van der Waals surface area contributed by atoms with Crippen LogP contribution in [0.25, 0.3) is 0 Å². The van der Waals surface area contributed by atoms with Crippen LogP contribution in [-0.2, 0) is 17.8 Å². The van der Waals surface area contributed by atoms with Gasteiger partial charge in [0.05, 0.1) is 0 Å². The number of amides is 1. The number of hydrogen-bond acceptors (Lipinski definition) is 2. The molecule has 0 saturated carbocycles. The van der Waals surface area contributed by atoms with Gasteiger partial charge in [0.2, 0.25) is 5.91 Å². The standard InChI is InChI=1S/C13H21N3O/c1-9-8-11-12(14)4-3-5-13(11)16(9)7-6-15-10(2)17/h8,12H,3-7,14H2,1-2H3,(H,15,17). The smallest absolute Gasteiger partial charge is 0.216 e. The maximum Gasteiger partial charge on any atom is 0.216 e. The van der Waals surface area contributed by atoms with E-state index in [0.717, 1.165) is 25.8 Å². The first kappa shape index (κ1) is 12.2. The van der Waals surface area contributed by atoms with Crippen LogP contribution in [0.3, 0.4) is 0 Å². The highest BCUT2D eigenvalue weighted by Gasteiger charge is 2.21. The number of aryl methyl sites for hydroxylation is 1. The average molecular weight is 235 g/mol. The Morgan fingerprint density at radius 2 is 2.41 bits per heavy atom. The Labute approximate surface area is 102 Å². The summed E-state index contributed by atoms with van der Waals surface area (Å²) in [6.07, 6.45) is 3.36. The average Bonchev–Trinajstić information content (AvgIpc) is 2.57. The Hall–Kier alpha value is -1.29. The summed E-state index contributed by atoms with van der Waals surface area (Å²) in [5, 5.41) is 2.84. The van der Waals surface area contributed by atoms with Crippen molar-refractivity contribution in [2.24, 2.45) is 5.73 Å². The maximum absolute atomic E-state index is 10.9. The monoisotopic (exact) mass is 235 g/mol. The zero-order valence-electron chi connectivity index (χ0n) is 10.6. The lowest BCUT2D eigenvalue weighted by Gasteiger charge is -2.21. The number of fused-ring (bicyclic) bond motifs is 1. The van der Waals surface area contributed by atoms with E-state index in [-0.39, 0.29) is 11.9 Å². The fourth-order valence-corrected chi connectivity index (χ4v) is 2.66. The third-order valence-corrected chi connectivity index (χ3v) is 3.49. The molecule has 0 saturated heterocycles. The first-order chi connectivity index (χ1) is 8.09. The lowest BCUT2D eigenvalue weighted by molar-refractivity contribution is -0.118. The molecule has 3 N–H and O–H groups in total. The SMILES string of the molecule is CC(=O)NCCn1c(C)cc2c1CCCC2N. The van der Waals surface area contributed by atoms with E-state index in [1.54, 1.807) is 6.92 Å². The van der Waals surface area contributed by atoms with Crippen molar-refractivity contribution in [3.8, 4) is 0 Å². The van der Waals surface area contributed by atoms with E-state index in [4.69, 9.17) is 5.73 Å². The molecule has 1 aliphatic carbocycles. The summed E-state index contributed by atoms with van der Waals surface area (Å²) in [6.45, 7) is 5.19. The van der Waals surface area contributed by atoms with Gasteiger partial charge in [-0.1, -0.05) is 0 Å². The van der Waals surface area contributed by atoms with Gasteiger partial charge < -0.3 is 15.6 Å². The highest BCUT2D eigenvalue weighted by atomic mass is 16.1. The number of carbonyl (C=O) groups is 1. The molecule has 1 aromatic heterocycles. The molecule has 0 aliphatic heterocycles. The van der Waals surface area contributed by atoms with E-state index < -0.39 is 0 Å². The summed E-state index contributed by atoms with van der Waals surface area (Å²) < 4.78 is 2.30. The number of nitrogens with zero attached hydrogens (tertiary/aromatic N) is 1. The lowest BCUT2D eigenvalue weighted by atomic mass is 9.93. The van der Waals surface area contributed by atoms with E-state index in [1.807, 2.05) is 0 Å². The molecule has 0 fully saturated rings. The molecule has 4 heteroatoms. The summed E-state index contributed by atoms with van der Waals surface area (Å²) in [5.74, 6) is 0.0281. The van der Waals surface area contributed by atoms with E-state index in [1.165, 1.54) is 17.0 Å². The van der Waals surface area contributed by atoms with Crippen LogP contribution in [-0.4, -0.2) is 17.0 Å². The molecular formula is C13H21N3O. The van der Waals surface area contributed by atoms with Gasteiger partial charge in [-0.2, -0.15) is 0 Å². The highest BCUT2D eigenvalue weighted by molar-refractivity contribution is 5.72. The minimum absolute atomic E-state index is 0.0281. The Morgan fingerprint density at radius 3 is 3.12 bits per heavy atom. The van der Waals surface area contributed by atoms with Crippen molar-refractivity contribution in [3.05, 3.63) is 23.0 Å². The van der Waals surface area contributed by atoms with Crippen molar-refractivity contribution in [1.29, 1.82) is 0 Å². The van der Waals surface area contributed by atoms with Gasteiger partial charge in [-0.3, -0.25) is 4.79 Å². The second-order valence-corrected chi connectivity index (χ2v) is 4.82. The molecule has 1 heterocycles. The van der Waals surface area contributed by atoms with Crippen molar-refractivity contribution in [1.82, 2.24) is 9.88 Å². The molecule has 0 radical (unpaired) electrons. The van der Waals surface area contributed by atoms with Gasteiger partial charge in [0.25, 0.3) is 0 Å². The number of hydrogen-bond donors (Lipinski definition) is 2. The first-order valence-corrected chi connectivity index (χ1v) is 6.28. The molecular weight excluding hydrogens is 214 g/mol. The number of carbonyl (C=O) groups excluding carboxylic acids is 1. The van der Waals surface area contributed by atoms with Crippen molar-refractivity contribution >= 4 is 5.91 Å². The van der Waals surface area contributed by atoms with Gasteiger partial charge in [0.15, 0.2) is 0 Å². The minimum atomic E-state index is 0.0281. The van der Waals surface area contributed by atoms with Crippen molar-refractivity contribution in [2.45, 2.75) is 45.7 Å². The van der Waals surface area contributed by atoms with Gasteiger partial charge in [0, 0.05) is 37.4 Å². The van der Waals surface area contributed by atoms with Crippen LogP contribution in [0.15, 0.2) is 6.07 Å². The summed E-state index contributed by atoms with van der Waals surface area (Å²) >= 11 is 0. The Kier molecular flexibility index (Phi) is 3.52. The van der Waals surface area contributed by atoms with Crippen LogP contribution in [0.5, 0.6) is 0 Å². The van der Waals surface area contributed by atoms with E-state index in [9.17, 15) is 4.79 Å². The topological polar surface area (TPSA) is 60.0 Å². The van der Waals surface area contributed by atoms with Crippen LogP contribution in [0.1, 0.15) is 42.8 Å². The van der Waals surface area contributed by atoms with Crippen LogP contribution in [0.2, 0.25) is 0 Å². The molecule has 0 bridgehead atoms. The predicted octanol–water partition coefficient (Wildman–Crippen LogP) is 1.27. The van der Waals surface area contributed by atoms with Crippen molar-refractivity contribution < 1.29 is 4.79 Å². The number of nitrogens with one attached hydrogen (secondary N) is 1. The molecule has 1 unspecified atom stereocenters. The molecule has 4 nitrogen and oxygen atoms in total. The predicted molar refractivity (Wildman–Crippen MR) is 67.7 cm³/mol. The van der Waals surface area contributed by atoms with E-state index in [2.05, 4.69) is 22.9 Å². The maximum atomic E-state index is 10.9.